The fourth-order valence-corrected chi connectivity index (χ4v) is 2.89. The van der Waals surface area contributed by atoms with Gasteiger partial charge in [-0.05, 0) is 43.2 Å². The minimum atomic E-state index is -0.403. The molecule has 0 saturated heterocycles. The summed E-state index contributed by atoms with van der Waals surface area (Å²) in [5, 5.41) is 19.4. The van der Waals surface area contributed by atoms with Gasteiger partial charge in [-0.15, -0.1) is 20.4 Å². The maximum absolute atomic E-state index is 12.1. The van der Waals surface area contributed by atoms with Crippen LogP contribution in [0.25, 0.3) is 0 Å². The van der Waals surface area contributed by atoms with E-state index in [0.717, 1.165) is 10.8 Å². The number of anilines is 1. The first-order valence-corrected chi connectivity index (χ1v) is 9.08. The molecule has 1 amide bonds. The van der Waals surface area contributed by atoms with Crippen LogP contribution < -0.4 is 14.8 Å². The number of hydrogen-bond acceptors (Lipinski definition) is 8. The van der Waals surface area contributed by atoms with E-state index in [0.29, 0.717) is 24.0 Å². The molecule has 0 unspecified atom stereocenters. The van der Waals surface area contributed by atoms with Gasteiger partial charge in [0, 0.05) is 12.5 Å². The van der Waals surface area contributed by atoms with Gasteiger partial charge < -0.3 is 9.47 Å². The van der Waals surface area contributed by atoms with Gasteiger partial charge in [-0.2, -0.15) is 0 Å². The second kappa shape index (κ2) is 8.54. The van der Waals surface area contributed by atoms with E-state index in [4.69, 9.17) is 9.47 Å². The molecular weight excluding hydrogens is 366 g/mol. The zero-order valence-corrected chi connectivity index (χ0v) is 16.0. The van der Waals surface area contributed by atoms with E-state index < -0.39 is 5.91 Å². The van der Waals surface area contributed by atoms with Gasteiger partial charge in [-0.1, -0.05) is 17.4 Å². The van der Waals surface area contributed by atoms with E-state index >= 15 is 0 Å². The smallest absolute Gasteiger partial charge is 0.278 e. The number of methoxy groups -OCH3 is 1. The van der Waals surface area contributed by atoms with Crippen molar-refractivity contribution in [2.24, 2.45) is 0 Å². The van der Waals surface area contributed by atoms with Crippen LogP contribution in [0.5, 0.6) is 11.6 Å². The Morgan fingerprint density at radius 3 is 2.63 bits per heavy atom. The molecule has 0 atom stereocenters. The Morgan fingerprint density at radius 1 is 1.07 bits per heavy atom. The lowest BCUT2D eigenvalue weighted by Gasteiger charge is -2.07. The molecule has 0 fully saturated rings. The molecule has 0 aliphatic heterocycles. The standard InChI is InChI=1S/C18H19N5O3S/c1-11-4-5-13(10-12(11)2)26-9-8-16-22-23-18(27-16)19-17(24)14-6-7-15(25-3)21-20-14/h4-7,10H,8-9H2,1-3H3,(H,19,23,24). The Kier molecular flexibility index (Phi) is 5.92. The molecule has 0 bridgehead atoms. The van der Waals surface area contributed by atoms with Gasteiger partial charge in [0.1, 0.15) is 10.8 Å². The van der Waals surface area contributed by atoms with Gasteiger partial charge in [0.25, 0.3) is 5.91 Å². The monoisotopic (exact) mass is 385 g/mol. The van der Waals surface area contributed by atoms with E-state index in [1.54, 1.807) is 6.07 Å². The molecule has 1 aromatic carbocycles. The Balaban J connectivity index is 1.51. The van der Waals surface area contributed by atoms with Crippen LogP contribution in [-0.4, -0.2) is 40.0 Å². The predicted octanol–water partition coefficient (Wildman–Crippen LogP) is 2.83. The highest BCUT2D eigenvalue weighted by molar-refractivity contribution is 7.15. The largest absolute Gasteiger partial charge is 0.493 e. The molecule has 0 spiro atoms. The molecular formula is C18H19N5O3S. The number of nitrogens with one attached hydrogen (secondary N) is 1. The highest BCUT2D eigenvalue weighted by Gasteiger charge is 2.12. The molecule has 3 rings (SSSR count). The van der Waals surface area contributed by atoms with Gasteiger partial charge in [0.05, 0.1) is 13.7 Å². The van der Waals surface area contributed by atoms with Crippen molar-refractivity contribution < 1.29 is 14.3 Å². The lowest BCUT2D eigenvalue weighted by atomic mass is 10.1. The Hall–Kier alpha value is -3.07. The van der Waals surface area contributed by atoms with Crippen LogP contribution in [0.4, 0.5) is 5.13 Å². The third-order valence-corrected chi connectivity index (χ3v) is 4.73. The van der Waals surface area contributed by atoms with E-state index in [9.17, 15) is 4.79 Å². The molecule has 0 saturated carbocycles. The highest BCUT2D eigenvalue weighted by atomic mass is 32.1. The van der Waals surface area contributed by atoms with Gasteiger partial charge in [0.15, 0.2) is 5.69 Å². The lowest BCUT2D eigenvalue weighted by Crippen LogP contribution is -2.14. The summed E-state index contributed by atoms with van der Waals surface area (Å²) in [5.41, 5.74) is 2.59. The van der Waals surface area contributed by atoms with E-state index in [1.165, 1.54) is 35.6 Å². The number of aryl methyl sites for hydroxylation is 2. The van der Waals surface area contributed by atoms with Crippen molar-refractivity contribution in [3.8, 4) is 11.6 Å². The molecule has 9 heteroatoms. The van der Waals surface area contributed by atoms with Crippen LogP contribution in [0, 0.1) is 13.8 Å². The van der Waals surface area contributed by atoms with Gasteiger partial charge in [-0.25, -0.2) is 0 Å². The van der Waals surface area contributed by atoms with Gasteiger partial charge in [0.2, 0.25) is 11.0 Å². The third-order valence-electron chi connectivity index (χ3n) is 3.83. The normalized spacial score (nSPS) is 10.5. The average Bonchev–Trinajstić information content (AvgIpc) is 3.12. The van der Waals surface area contributed by atoms with Crippen LogP contribution >= 0.6 is 11.3 Å². The third kappa shape index (κ3) is 4.98. The first-order chi connectivity index (χ1) is 13.0. The number of aromatic nitrogens is 4. The van der Waals surface area contributed by atoms with Crippen molar-refractivity contribution in [3.05, 3.63) is 52.2 Å². The quantitative estimate of drug-likeness (QED) is 0.667. The Labute approximate surface area is 160 Å². The van der Waals surface area contributed by atoms with E-state index in [2.05, 4.69) is 39.6 Å². The number of carbonyl (C=O) groups excluding carboxylic acids is 1. The SMILES string of the molecule is COc1ccc(C(=O)Nc2nnc(CCOc3ccc(C)c(C)c3)s2)nn1. The number of nitrogens with zero attached hydrogens (tertiary/aromatic N) is 4. The van der Waals surface area contributed by atoms with Crippen molar-refractivity contribution in [3.63, 3.8) is 0 Å². The summed E-state index contributed by atoms with van der Waals surface area (Å²) in [6.07, 6.45) is 0.600. The molecule has 3 aromatic rings. The van der Waals surface area contributed by atoms with Crippen LogP contribution in [0.15, 0.2) is 30.3 Å². The second-order valence-corrected chi connectivity index (χ2v) is 6.82. The fraction of sp³-hybridized carbons (Fsp3) is 0.278. The Morgan fingerprint density at radius 2 is 1.93 bits per heavy atom. The van der Waals surface area contributed by atoms with E-state index in [1.807, 2.05) is 18.2 Å². The first-order valence-electron chi connectivity index (χ1n) is 8.26. The Bertz CT molecular complexity index is 927. The van der Waals surface area contributed by atoms with Crippen LogP contribution in [-0.2, 0) is 6.42 Å². The van der Waals surface area contributed by atoms with Crippen molar-refractivity contribution in [2.75, 3.05) is 19.0 Å². The number of amides is 1. The van der Waals surface area contributed by atoms with Crippen LogP contribution in [0.1, 0.15) is 26.6 Å². The minimum absolute atomic E-state index is 0.172. The molecule has 27 heavy (non-hydrogen) atoms. The zero-order chi connectivity index (χ0) is 19.2. The fourth-order valence-electron chi connectivity index (χ4n) is 2.18. The second-order valence-electron chi connectivity index (χ2n) is 5.76. The van der Waals surface area contributed by atoms with Crippen molar-refractivity contribution in [2.45, 2.75) is 20.3 Å². The summed E-state index contributed by atoms with van der Waals surface area (Å²) in [6, 6.07) is 9.09. The topological polar surface area (TPSA) is 99.1 Å². The number of ether oxygens (including phenoxy) is 2. The van der Waals surface area contributed by atoms with Crippen LogP contribution in [0.3, 0.4) is 0 Å². The van der Waals surface area contributed by atoms with Gasteiger partial charge in [-0.3, -0.25) is 10.1 Å². The maximum atomic E-state index is 12.1. The predicted molar refractivity (Wildman–Crippen MR) is 102 cm³/mol. The molecule has 8 nitrogen and oxygen atoms in total. The summed E-state index contributed by atoms with van der Waals surface area (Å²) in [7, 11) is 1.48. The zero-order valence-electron chi connectivity index (χ0n) is 15.2. The van der Waals surface area contributed by atoms with Crippen molar-refractivity contribution in [1.29, 1.82) is 0 Å². The number of hydrogen-bond donors (Lipinski definition) is 1. The molecule has 140 valence electrons. The maximum Gasteiger partial charge on any atom is 0.278 e. The first kappa shape index (κ1) is 18.7. The molecule has 2 aromatic heterocycles. The lowest BCUT2D eigenvalue weighted by molar-refractivity contribution is 0.102. The highest BCUT2D eigenvalue weighted by Crippen LogP contribution is 2.19. The summed E-state index contributed by atoms with van der Waals surface area (Å²) in [5.74, 6) is 0.766. The number of benzene rings is 1. The summed E-state index contributed by atoms with van der Waals surface area (Å²) < 4.78 is 10.7. The molecule has 0 aliphatic carbocycles. The number of carbonyl (C=O) groups is 1. The summed E-state index contributed by atoms with van der Waals surface area (Å²) in [6.45, 7) is 4.60. The molecule has 0 radical (unpaired) electrons. The van der Waals surface area contributed by atoms with E-state index in [-0.39, 0.29) is 5.69 Å². The number of rotatable bonds is 7. The van der Waals surface area contributed by atoms with Crippen molar-refractivity contribution >= 4 is 22.4 Å². The van der Waals surface area contributed by atoms with Gasteiger partial charge >= 0.3 is 0 Å². The average molecular weight is 385 g/mol. The van der Waals surface area contributed by atoms with Crippen LogP contribution in [0.2, 0.25) is 0 Å². The summed E-state index contributed by atoms with van der Waals surface area (Å²) >= 11 is 1.30. The molecule has 1 N–H and O–H groups in total. The molecule has 2 heterocycles. The molecule has 0 aliphatic rings. The summed E-state index contributed by atoms with van der Waals surface area (Å²) in [4.78, 5) is 12.1. The minimum Gasteiger partial charge on any atom is -0.493 e. The van der Waals surface area contributed by atoms with Crippen molar-refractivity contribution in [1.82, 2.24) is 20.4 Å².